The third-order valence-electron chi connectivity index (χ3n) is 3.72. The predicted octanol–water partition coefficient (Wildman–Crippen LogP) is 4.38. The van der Waals surface area contributed by atoms with Crippen molar-refractivity contribution < 1.29 is 28.2 Å². The highest BCUT2D eigenvalue weighted by atomic mass is 32.1. The number of halogens is 1. The van der Waals surface area contributed by atoms with Crippen molar-refractivity contribution in [1.82, 2.24) is 0 Å². The molecule has 0 aliphatic carbocycles. The maximum absolute atomic E-state index is 13.5. The minimum Gasteiger partial charge on any atom is -0.462 e. The van der Waals surface area contributed by atoms with Crippen molar-refractivity contribution in [2.45, 2.75) is 26.7 Å². The van der Waals surface area contributed by atoms with Crippen LogP contribution in [0.1, 0.15) is 47.5 Å². The third-order valence-corrected chi connectivity index (χ3v) is 5.07. The molecule has 154 valence electrons. The minimum atomic E-state index is -0.789. The number of ether oxygens (including phenoxy) is 2. The fourth-order valence-electron chi connectivity index (χ4n) is 2.26. The molecule has 0 saturated carbocycles. The first-order valence-corrected chi connectivity index (χ1v) is 9.83. The average molecular weight is 419 g/mol. The Morgan fingerprint density at radius 1 is 1.21 bits per heavy atom. The van der Waals surface area contributed by atoms with Crippen molar-refractivity contribution in [3.8, 4) is 0 Å². The number of esters is 2. The Labute approximate surface area is 172 Å². The van der Waals surface area contributed by atoms with Gasteiger partial charge in [-0.05, 0) is 31.1 Å². The van der Waals surface area contributed by atoms with Crippen LogP contribution in [0.4, 0.5) is 9.39 Å². The number of anilines is 1. The van der Waals surface area contributed by atoms with Gasteiger partial charge in [-0.2, -0.15) is 0 Å². The van der Waals surface area contributed by atoms with Crippen LogP contribution in [0.3, 0.4) is 0 Å². The van der Waals surface area contributed by atoms with Crippen molar-refractivity contribution >= 4 is 40.3 Å². The molecule has 1 amide bonds. The molecule has 1 heterocycles. The Morgan fingerprint density at radius 3 is 2.59 bits per heavy atom. The Hall–Kier alpha value is -3.00. The number of carbonyl (C=O) groups is 3. The number of hydrogen-bond donors (Lipinski definition) is 1. The van der Waals surface area contributed by atoms with Gasteiger partial charge in [0.1, 0.15) is 10.8 Å². The van der Waals surface area contributed by atoms with Gasteiger partial charge < -0.3 is 14.8 Å². The van der Waals surface area contributed by atoms with E-state index in [9.17, 15) is 18.8 Å². The Bertz CT molecular complexity index is 920. The summed E-state index contributed by atoms with van der Waals surface area (Å²) >= 11 is 1.26. The molecule has 0 aliphatic rings. The Morgan fingerprint density at radius 2 is 1.93 bits per heavy atom. The van der Waals surface area contributed by atoms with Crippen LogP contribution in [0.2, 0.25) is 0 Å². The molecule has 0 bridgehead atoms. The smallest absolute Gasteiger partial charge is 0.341 e. The molecule has 0 unspecified atom stereocenters. The molecule has 0 radical (unpaired) electrons. The first kappa shape index (κ1) is 22.3. The lowest BCUT2D eigenvalue weighted by molar-refractivity contribution is -0.142. The van der Waals surface area contributed by atoms with E-state index in [1.54, 1.807) is 19.1 Å². The molecule has 0 atom stereocenters. The summed E-state index contributed by atoms with van der Waals surface area (Å²) in [6.07, 6.45) is 2.31. The third kappa shape index (κ3) is 6.53. The average Bonchev–Trinajstić information content (AvgIpc) is 3.10. The van der Waals surface area contributed by atoms with E-state index < -0.39 is 30.3 Å². The molecule has 1 aromatic heterocycles. The van der Waals surface area contributed by atoms with E-state index in [-0.39, 0.29) is 23.7 Å². The summed E-state index contributed by atoms with van der Waals surface area (Å²) < 4.78 is 23.4. The van der Waals surface area contributed by atoms with Crippen molar-refractivity contribution in [3.63, 3.8) is 0 Å². The van der Waals surface area contributed by atoms with E-state index in [0.29, 0.717) is 5.00 Å². The number of thiophene rings is 1. The van der Waals surface area contributed by atoms with Gasteiger partial charge in [-0.1, -0.05) is 32.0 Å². The van der Waals surface area contributed by atoms with Gasteiger partial charge in [0.25, 0.3) is 5.91 Å². The van der Waals surface area contributed by atoms with E-state index >= 15 is 0 Å². The lowest BCUT2D eigenvalue weighted by Crippen LogP contribution is -2.21. The maximum Gasteiger partial charge on any atom is 0.341 e. The van der Waals surface area contributed by atoms with Crippen LogP contribution in [0.5, 0.6) is 0 Å². The molecule has 0 spiro atoms. The molecule has 0 saturated heterocycles. The number of benzene rings is 1. The molecule has 0 fully saturated rings. The number of carbonyl (C=O) groups excluding carboxylic acids is 3. The summed E-state index contributed by atoms with van der Waals surface area (Å²) in [7, 11) is 0. The number of hydrogen-bond acceptors (Lipinski definition) is 6. The van der Waals surface area contributed by atoms with Crippen LogP contribution in [-0.4, -0.2) is 31.1 Å². The zero-order valence-electron chi connectivity index (χ0n) is 16.4. The maximum atomic E-state index is 13.5. The lowest BCUT2D eigenvalue weighted by Gasteiger charge is -2.06. The molecular formula is C21H22FNO5S. The Kier molecular flexibility index (Phi) is 8.09. The van der Waals surface area contributed by atoms with Gasteiger partial charge in [-0.15, -0.1) is 11.3 Å². The van der Waals surface area contributed by atoms with E-state index in [2.05, 4.69) is 5.32 Å². The molecule has 6 nitrogen and oxygen atoms in total. The summed E-state index contributed by atoms with van der Waals surface area (Å²) in [4.78, 5) is 36.9. The monoisotopic (exact) mass is 419 g/mol. The molecule has 1 N–H and O–H groups in total. The van der Waals surface area contributed by atoms with Crippen molar-refractivity contribution in [2.24, 2.45) is 0 Å². The van der Waals surface area contributed by atoms with Gasteiger partial charge in [-0.25, -0.2) is 14.0 Å². The van der Waals surface area contributed by atoms with Crippen LogP contribution in [-0.2, 0) is 19.1 Å². The molecular weight excluding hydrogens is 397 g/mol. The topological polar surface area (TPSA) is 81.7 Å². The molecule has 0 aliphatic heterocycles. The lowest BCUT2D eigenvalue weighted by atomic mass is 10.1. The summed E-state index contributed by atoms with van der Waals surface area (Å²) in [6, 6.07) is 7.63. The van der Waals surface area contributed by atoms with Crippen LogP contribution >= 0.6 is 11.3 Å². The molecule has 1 aromatic carbocycles. The SMILES string of the molecule is CCOC(=O)c1cc(C(C)C)sc1NC(=O)COC(=O)/C=C/c1ccccc1F. The first-order chi connectivity index (χ1) is 13.8. The highest BCUT2D eigenvalue weighted by Gasteiger charge is 2.20. The van der Waals surface area contributed by atoms with Crippen LogP contribution in [0, 0.1) is 5.82 Å². The van der Waals surface area contributed by atoms with E-state index in [1.807, 2.05) is 13.8 Å². The molecule has 2 rings (SSSR count). The summed E-state index contributed by atoms with van der Waals surface area (Å²) in [5, 5.41) is 2.92. The van der Waals surface area contributed by atoms with Gasteiger partial charge in [-0.3, -0.25) is 4.79 Å². The summed E-state index contributed by atoms with van der Waals surface area (Å²) in [6.45, 7) is 5.30. The fraction of sp³-hybridized carbons (Fsp3) is 0.286. The second-order valence-electron chi connectivity index (χ2n) is 6.28. The number of nitrogens with one attached hydrogen (secondary N) is 1. The van der Waals surface area contributed by atoms with Crippen molar-refractivity contribution in [2.75, 3.05) is 18.5 Å². The quantitative estimate of drug-likeness (QED) is 0.507. The van der Waals surface area contributed by atoms with E-state index in [1.165, 1.54) is 35.6 Å². The van der Waals surface area contributed by atoms with Gasteiger partial charge in [0.05, 0.1) is 12.2 Å². The minimum absolute atomic E-state index is 0.167. The number of amides is 1. The summed E-state index contributed by atoms with van der Waals surface area (Å²) in [5.41, 5.74) is 0.493. The zero-order chi connectivity index (χ0) is 21.4. The van der Waals surface area contributed by atoms with Gasteiger partial charge >= 0.3 is 11.9 Å². The van der Waals surface area contributed by atoms with Crippen molar-refractivity contribution in [1.29, 1.82) is 0 Å². The standard InChI is InChI=1S/C21H22FNO5S/c1-4-27-21(26)15-11-17(13(2)3)29-20(15)23-18(24)12-28-19(25)10-9-14-7-5-6-8-16(14)22/h5-11,13H,4,12H2,1-3H3,(H,23,24)/b10-9+. The molecule has 29 heavy (non-hydrogen) atoms. The fourth-order valence-corrected chi connectivity index (χ4v) is 3.33. The Balaban J connectivity index is 1.97. The van der Waals surface area contributed by atoms with Crippen LogP contribution in [0.15, 0.2) is 36.4 Å². The van der Waals surface area contributed by atoms with E-state index in [0.717, 1.165) is 11.0 Å². The zero-order valence-corrected chi connectivity index (χ0v) is 17.2. The highest BCUT2D eigenvalue weighted by molar-refractivity contribution is 7.16. The molecule has 2 aromatic rings. The largest absolute Gasteiger partial charge is 0.462 e. The van der Waals surface area contributed by atoms with Crippen LogP contribution < -0.4 is 5.32 Å². The van der Waals surface area contributed by atoms with Gasteiger partial charge in [0.2, 0.25) is 0 Å². The highest BCUT2D eigenvalue weighted by Crippen LogP contribution is 2.33. The molecule has 8 heteroatoms. The van der Waals surface area contributed by atoms with Crippen LogP contribution in [0.25, 0.3) is 6.08 Å². The van der Waals surface area contributed by atoms with Gasteiger partial charge in [0, 0.05) is 16.5 Å². The second-order valence-corrected chi connectivity index (χ2v) is 7.36. The first-order valence-electron chi connectivity index (χ1n) is 9.01. The summed E-state index contributed by atoms with van der Waals surface area (Å²) in [5.74, 6) is -2.22. The predicted molar refractivity (Wildman–Crippen MR) is 109 cm³/mol. The van der Waals surface area contributed by atoms with Crippen molar-refractivity contribution in [3.05, 3.63) is 58.2 Å². The van der Waals surface area contributed by atoms with Gasteiger partial charge in [0.15, 0.2) is 6.61 Å². The number of rotatable bonds is 8. The second kappa shape index (κ2) is 10.5. The van der Waals surface area contributed by atoms with E-state index in [4.69, 9.17) is 9.47 Å². The normalized spacial score (nSPS) is 10.9.